The third-order valence-corrected chi connectivity index (χ3v) is 7.62. The second-order valence-corrected chi connectivity index (χ2v) is 8.33. The molecule has 5 fully saturated rings. The molecule has 0 spiro atoms. The van der Waals surface area contributed by atoms with Gasteiger partial charge in [-0.3, -0.25) is 4.79 Å². The molecule has 0 aliphatic heterocycles. The maximum atomic E-state index is 12.6. The van der Waals surface area contributed by atoms with Crippen LogP contribution in [0.4, 0.5) is 0 Å². The minimum atomic E-state index is 0.186. The van der Waals surface area contributed by atoms with Gasteiger partial charge in [-0.15, -0.1) is 0 Å². The molecular weight excluding hydrogens is 248 g/mol. The van der Waals surface area contributed by atoms with E-state index in [0.717, 1.165) is 42.4 Å². The van der Waals surface area contributed by atoms with Gasteiger partial charge in [-0.1, -0.05) is 0 Å². The highest BCUT2D eigenvalue weighted by atomic mass is 16.5. The second-order valence-electron chi connectivity index (χ2n) is 8.33. The Kier molecular flexibility index (Phi) is 2.56. The Hall–Kier alpha value is -0.530. The Morgan fingerprint density at radius 1 is 0.800 bits per heavy atom. The number of carbonyl (C=O) groups is 1. The first kappa shape index (κ1) is 12.1. The highest BCUT2D eigenvalue weighted by Crippen LogP contribution is 2.68. The maximum Gasteiger partial charge on any atom is 0.309 e. The zero-order valence-electron chi connectivity index (χ0n) is 12.3. The second kappa shape index (κ2) is 4.24. The van der Waals surface area contributed by atoms with E-state index in [4.69, 9.17) is 4.74 Å². The van der Waals surface area contributed by atoms with Crippen LogP contribution in [0.15, 0.2) is 0 Å². The molecule has 0 aromatic heterocycles. The van der Waals surface area contributed by atoms with Crippen molar-refractivity contribution in [2.24, 2.45) is 41.4 Å². The minimum Gasteiger partial charge on any atom is -0.462 e. The molecule has 5 aliphatic carbocycles. The average Bonchev–Trinajstić information content (AvgIpc) is 3.22. The smallest absolute Gasteiger partial charge is 0.309 e. The van der Waals surface area contributed by atoms with Crippen LogP contribution in [0.2, 0.25) is 0 Å². The van der Waals surface area contributed by atoms with E-state index in [1.54, 1.807) is 0 Å². The number of fused-ring (bicyclic) bond motifs is 9. The molecule has 2 nitrogen and oxygen atoms in total. The molecule has 110 valence electrons. The number of esters is 1. The molecule has 5 rings (SSSR count). The van der Waals surface area contributed by atoms with Gasteiger partial charge in [0.2, 0.25) is 0 Å². The molecule has 7 unspecified atom stereocenters. The first-order valence-corrected chi connectivity index (χ1v) is 9.02. The summed E-state index contributed by atoms with van der Waals surface area (Å²) in [5.41, 5.74) is 0. The number of rotatable bonds is 2. The van der Waals surface area contributed by atoms with E-state index in [0.29, 0.717) is 5.92 Å². The molecule has 7 atom stereocenters. The lowest BCUT2D eigenvalue weighted by molar-refractivity contribution is -0.157. The first-order valence-electron chi connectivity index (χ1n) is 9.02. The number of carbonyl (C=O) groups excluding carboxylic acids is 1. The van der Waals surface area contributed by atoms with Crippen molar-refractivity contribution in [3.63, 3.8) is 0 Å². The molecule has 2 heteroatoms. The number of hydrogen-bond acceptors (Lipinski definition) is 2. The van der Waals surface area contributed by atoms with Crippen LogP contribution in [0.5, 0.6) is 0 Å². The summed E-state index contributed by atoms with van der Waals surface area (Å²) in [7, 11) is 0. The lowest BCUT2D eigenvalue weighted by Crippen LogP contribution is -2.37. The van der Waals surface area contributed by atoms with Gasteiger partial charge in [-0.05, 0) is 93.3 Å². The van der Waals surface area contributed by atoms with Gasteiger partial charge >= 0.3 is 5.97 Å². The highest BCUT2D eigenvalue weighted by molar-refractivity contribution is 5.74. The van der Waals surface area contributed by atoms with Crippen LogP contribution in [-0.2, 0) is 9.53 Å². The summed E-state index contributed by atoms with van der Waals surface area (Å²) in [6.45, 7) is 0. The molecule has 5 aliphatic rings. The standard InChI is InChI=1S/C18H26O2/c19-18(20-13-3-1-2-4-13)15-9-12-8-14(15)17-11-6-5-10(7-11)16(12)17/h10-17H,1-9H2. The van der Waals surface area contributed by atoms with Gasteiger partial charge in [-0.25, -0.2) is 0 Å². The summed E-state index contributed by atoms with van der Waals surface area (Å²) in [6, 6.07) is 0. The van der Waals surface area contributed by atoms with Crippen LogP contribution in [0.25, 0.3) is 0 Å². The molecule has 0 heterocycles. The van der Waals surface area contributed by atoms with Gasteiger partial charge in [0.15, 0.2) is 0 Å². The van der Waals surface area contributed by atoms with Crippen LogP contribution in [0.1, 0.15) is 57.8 Å². The largest absolute Gasteiger partial charge is 0.462 e. The van der Waals surface area contributed by atoms with Crippen molar-refractivity contribution >= 4 is 5.97 Å². The van der Waals surface area contributed by atoms with Crippen LogP contribution < -0.4 is 0 Å². The molecule has 20 heavy (non-hydrogen) atoms. The quantitative estimate of drug-likeness (QED) is 0.565. The minimum absolute atomic E-state index is 0.186. The molecule has 0 aromatic carbocycles. The van der Waals surface area contributed by atoms with Gasteiger partial charge < -0.3 is 4.74 Å². The van der Waals surface area contributed by atoms with E-state index in [-0.39, 0.29) is 18.0 Å². The predicted octanol–water partition coefficient (Wildman–Crippen LogP) is 3.79. The van der Waals surface area contributed by atoms with Crippen LogP contribution in [0.3, 0.4) is 0 Å². The van der Waals surface area contributed by atoms with E-state index < -0.39 is 0 Å². The Balaban J connectivity index is 1.31. The van der Waals surface area contributed by atoms with E-state index in [1.807, 2.05) is 0 Å². The van der Waals surface area contributed by atoms with Crippen molar-refractivity contribution in [1.82, 2.24) is 0 Å². The Bertz CT molecular complexity index is 425. The fourth-order valence-corrected chi connectivity index (χ4v) is 7.09. The molecule has 5 saturated carbocycles. The summed E-state index contributed by atoms with van der Waals surface area (Å²) < 4.78 is 5.84. The summed E-state index contributed by atoms with van der Waals surface area (Å²) in [5.74, 6) is 5.97. The Labute approximate surface area is 121 Å². The normalized spacial score (nSPS) is 52.7. The van der Waals surface area contributed by atoms with Crippen LogP contribution in [-0.4, -0.2) is 12.1 Å². The number of hydrogen-bond donors (Lipinski definition) is 0. The van der Waals surface area contributed by atoms with Gasteiger partial charge in [0.05, 0.1) is 5.92 Å². The van der Waals surface area contributed by atoms with Gasteiger partial charge in [-0.2, -0.15) is 0 Å². The summed E-state index contributed by atoms with van der Waals surface area (Å²) in [5, 5.41) is 0. The van der Waals surface area contributed by atoms with Crippen molar-refractivity contribution in [1.29, 1.82) is 0 Å². The Morgan fingerprint density at radius 3 is 2.35 bits per heavy atom. The zero-order valence-corrected chi connectivity index (χ0v) is 12.3. The molecular formula is C18H26O2. The summed E-state index contributed by atoms with van der Waals surface area (Å²) >= 11 is 0. The highest BCUT2D eigenvalue weighted by Gasteiger charge is 2.63. The molecule has 0 amide bonds. The topological polar surface area (TPSA) is 26.3 Å². The van der Waals surface area contributed by atoms with E-state index in [1.165, 1.54) is 44.9 Å². The SMILES string of the molecule is O=C(OC1CCCC1)C1CC2CC1C1C3CCC(C3)C21. The van der Waals surface area contributed by atoms with Crippen LogP contribution in [0, 0.1) is 41.4 Å². The molecule has 0 saturated heterocycles. The molecule has 0 aromatic rings. The third-order valence-electron chi connectivity index (χ3n) is 7.62. The molecule has 0 radical (unpaired) electrons. The first-order chi connectivity index (χ1) is 9.81. The van der Waals surface area contributed by atoms with Crippen molar-refractivity contribution < 1.29 is 9.53 Å². The predicted molar refractivity (Wildman–Crippen MR) is 75.9 cm³/mol. The van der Waals surface area contributed by atoms with E-state index >= 15 is 0 Å². The fourth-order valence-electron chi connectivity index (χ4n) is 7.09. The Morgan fingerprint density at radius 2 is 1.55 bits per heavy atom. The average molecular weight is 274 g/mol. The van der Waals surface area contributed by atoms with Crippen molar-refractivity contribution in [2.75, 3.05) is 0 Å². The van der Waals surface area contributed by atoms with Gasteiger partial charge in [0.25, 0.3) is 0 Å². The van der Waals surface area contributed by atoms with Crippen molar-refractivity contribution in [3.8, 4) is 0 Å². The lowest BCUT2D eigenvalue weighted by atomic mass is 9.67. The molecule has 0 N–H and O–H groups in total. The van der Waals surface area contributed by atoms with E-state index in [2.05, 4.69) is 0 Å². The maximum absolute atomic E-state index is 12.6. The van der Waals surface area contributed by atoms with Gasteiger partial charge in [0.1, 0.15) is 6.10 Å². The molecule has 4 bridgehead atoms. The van der Waals surface area contributed by atoms with Crippen LogP contribution >= 0.6 is 0 Å². The lowest BCUT2D eigenvalue weighted by Gasteiger charge is -2.38. The fraction of sp³-hybridized carbons (Fsp3) is 0.944. The van der Waals surface area contributed by atoms with E-state index in [9.17, 15) is 4.79 Å². The third kappa shape index (κ3) is 1.54. The monoisotopic (exact) mass is 274 g/mol. The van der Waals surface area contributed by atoms with Gasteiger partial charge in [0, 0.05) is 0 Å². The van der Waals surface area contributed by atoms with Crippen molar-refractivity contribution in [3.05, 3.63) is 0 Å². The summed E-state index contributed by atoms with van der Waals surface area (Å²) in [4.78, 5) is 12.6. The number of ether oxygens (including phenoxy) is 1. The zero-order chi connectivity index (χ0) is 13.3. The summed E-state index contributed by atoms with van der Waals surface area (Å²) in [6.07, 6.45) is 12.0. The van der Waals surface area contributed by atoms with Crippen molar-refractivity contribution in [2.45, 2.75) is 63.9 Å².